The fourth-order valence-corrected chi connectivity index (χ4v) is 2.10. The van der Waals surface area contributed by atoms with Crippen LogP contribution in [0.25, 0.3) is 0 Å². The molecule has 22 heavy (non-hydrogen) atoms. The van der Waals surface area contributed by atoms with Crippen LogP contribution in [0.4, 0.5) is 5.82 Å². The molecule has 0 spiro atoms. The number of aromatic carboxylic acids is 1. The number of hydrogen-bond donors (Lipinski definition) is 1. The van der Waals surface area contributed by atoms with Crippen LogP contribution in [0.5, 0.6) is 5.75 Å². The Hall–Kier alpha value is -2.56. The van der Waals surface area contributed by atoms with E-state index in [0.717, 1.165) is 11.3 Å². The fraction of sp³-hybridized carbons (Fsp3) is 0.294. The smallest absolute Gasteiger partial charge is 0.354 e. The molecule has 0 aliphatic rings. The molecule has 0 radical (unpaired) electrons. The summed E-state index contributed by atoms with van der Waals surface area (Å²) in [7, 11) is 1.88. The summed E-state index contributed by atoms with van der Waals surface area (Å²) < 4.78 is 5.68. The van der Waals surface area contributed by atoms with Gasteiger partial charge in [-0.3, -0.25) is 0 Å². The van der Waals surface area contributed by atoms with Crippen LogP contribution in [0.3, 0.4) is 0 Å². The standard InChI is InChI=1S/C17H20N2O3/c1-12(2)22-14-7-4-6-13(10-14)11-19(3)16-9-5-8-15(18-16)17(20)21/h4-10,12H,11H2,1-3H3,(H,20,21). The van der Waals surface area contributed by atoms with Crippen molar-refractivity contribution in [2.24, 2.45) is 0 Å². The second-order valence-electron chi connectivity index (χ2n) is 5.36. The van der Waals surface area contributed by atoms with E-state index in [-0.39, 0.29) is 11.8 Å². The van der Waals surface area contributed by atoms with Gasteiger partial charge in [-0.15, -0.1) is 0 Å². The topological polar surface area (TPSA) is 62.7 Å². The van der Waals surface area contributed by atoms with Crippen LogP contribution in [-0.4, -0.2) is 29.2 Å². The van der Waals surface area contributed by atoms with Crippen molar-refractivity contribution in [3.8, 4) is 5.75 Å². The summed E-state index contributed by atoms with van der Waals surface area (Å²) in [6.45, 7) is 4.59. The number of carboxylic acid groups (broad SMARTS) is 1. The molecule has 0 saturated heterocycles. The summed E-state index contributed by atoms with van der Waals surface area (Å²) in [5.41, 5.74) is 1.12. The first-order valence-electron chi connectivity index (χ1n) is 7.13. The number of ether oxygens (including phenoxy) is 1. The van der Waals surface area contributed by atoms with Crippen molar-refractivity contribution < 1.29 is 14.6 Å². The van der Waals surface area contributed by atoms with Crippen LogP contribution in [0.15, 0.2) is 42.5 Å². The minimum atomic E-state index is -1.03. The average Bonchev–Trinajstić information content (AvgIpc) is 2.47. The molecule has 5 heteroatoms. The molecule has 0 saturated carbocycles. The normalized spacial score (nSPS) is 10.5. The summed E-state index contributed by atoms with van der Waals surface area (Å²) in [6, 6.07) is 12.8. The van der Waals surface area contributed by atoms with Crippen LogP contribution in [0.2, 0.25) is 0 Å². The lowest BCUT2D eigenvalue weighted by molar-refractivity contribution is 0.0690. The summed E-state index contributed by atoms with van der Waals surface area (Å²) >= 11 is 0. The largest absolute Gasteiger partial charge is 0.491 e. The first-order chi connectivity index (χ1) is 10.5. The van der Waals surface area contributed by atoms with Crippen LogP contribution in [0, 0.1) is 0 Å². The Balaban J connectivity index is 2.13. The van der Waals surface area contributed by atoms with Gasteiger partial charge in [0, 0.05) is 13.6 Å². The molecule has 1 N–H and O–H groups in total. The number of benzene rings is 1. The van der Waals surface area contributed by atoms with E-state index in [9.17, 15) is 4.79 Å². The molecular weight excluding hydrogens is 280 g/mol. The first kappa shape index (κ1) is 15.8. The summed E-state index contributed by atoms with van der Waals surface area (Å²) in [4.78, 5) is 17.0. The Morgan fingerprint density at radius 3 is 2.68 bits per heavy atom. The SMILES string of the molecule is CC(C)Oc1cccc(CN(C)c2cccc(C(=O)O)n2)c1. The fourth-order valence-electron chi connectivity index (χ4n) is 2.10. The molecule has 0 aliphatic carbocycles. The van der Waals surface area contributed by atoms with E-state index in [0.29, 0.717) is 12.4 Å². The lowest BCUT2D eigenvalue weighted by Crippen LogP contribution is -2.18. The Morgan fingerprint density at radius 1 is 1.27 bits per heavy atom. The number of carbonyl (C=O) groups is 1. The molecule has 0 unspecified atom stereocenters. The van der Waals surface area contributed by atoms with Crippen LogP contribution in [0.1, 0.15) is 29.9 Å². The van der Waals surface area contributed by atoms with Crippen molar-refractivity contribution in [3.05, 3.63) is 53.7 Å². The van der Waals surface area contributed by atoms with Crippen molar-refractivity contribution in [3.63, 3.8) is 0 Å². The molecule has 0 amide bonds. The molecule has 116 valence electrons. The van der Waals surface area contributed by atoms with E-state index in [1.54, 1.807) is 12.1 Å². The molecule has 5 nitrogen and oxygen atoms in total. The number of hydrogen-bond acceptors (Lipinski definition) is 4. The van der Waals surface area contributed by atoms with Gasteiger partial charge in [-0.05, 0) is 43.7 Å². The van der Waals surface area contributed by atoms with E-state index in [2.05, 4.69) is 4.98 Å². The predicted molar refractivity (Wildman–Crippen MR) is 85.5 cm³/mol. The van der Waals surface area contributed by atoms with Gasteiger partial charge in [0.1, 0.15) is 11.6 Å². The quantitative estimate of drug-likeness (QED) is 0.887. The van der Waals surface area contributed by atoms with Gasteiger partial charge in [-0.1, -0.05) is 18.2 Å². The summed E-state index contributed by atoms with van der Waals surface area (Å²) in [6.07, 6.45) is 0.127. The third-order valence-electron chi connectivity index (χ3n) is 3.03. The van der Waals surface area contributed by atoms with E-state index < -0.39 is 5.97 Å². The van der Waals surface area contributed by atoms with Gasteiger partial charge < -0.3 is 14.7 Å². The molecular formula is C17H20N2O3. The zero-order valence-corrected chi connectivity index (χ0v) is 13.0. The molecule has 0 aliphatic heterocycles. The van der Waals surface area contributed by atoms with Gasteiger partial charge in [-0.2, -0.15) is 0 Å². The van der Waals surface area contributed by atoms with Crippen LogP contribution in [-0.2, 0) is 6.54 Å². The van der Waals surface area contributed by atoms with Gasteiger partial charge in [0.15, 0.2) is 5.69 Å². The molecule has 2 rings (SSSR count). The van der Waals surface area contributed by atoms with Crippen molar-refractivity contribution in [2.45, 2.75) is 26.5 Å². The lowest BCUT2D eigenvalue weighted by atomic mass is 10.2. The maximum Gasteiger partial charge on any atom is 0.354 e. The number of pyridine rings is 1. The van der Waals surface area contributed by atoms with Crippen LogP contribution >= 0.6 is 0 Å². The maximum atomic E-state index is 11.0. The zero-order chi connectivity index (χ0) is 16.1. The molecule has 0 atom stereocenters. The first-order valence-corrected chi connectivity index (χ1v) is 7.13. The van der Waals surface area contributed by atoms with Crippen molar-refractivity contribution in [1.29, 1.82) is 0 Å². The van der Waals surface area contributed by atoms with Gasteiger partial charge >= 0.3 is 5.97 Å². The van der Waals surface area contributed by atoms with E-state index >= 15 is 0 Å². The Labute approximate surface area is 130 Å². The highest BCUT2D eigenvalue weighted by molar-refractivity contribution is 5.85. The molecule has 0 fully saturated rings. The second kappa shape index (κ2) is 6.93. The summed E-state index contributed by atoms with van der Waals surface area (Å²) in [5, 5.41) is 9.00. The van der Waals surface area contributed by atoms with Gasteiger partial charge in [0.05, 0.1) is 6.10 Å². The highest BCUT2D eigenvalue weighted by Gasteiger charge is 2.09. The third-order valence-corrected chi connectivity index (χ3v) is 3.03. The van der Waals surface area contributed by atoms with Crippen molar-refractivity contribution >= 4 is 11.8 Å². The zero-order valence-electron chi connectivity index (χ0n) is 13.0. The Morgan fingerprint density at radius 2 is 2.00 bits per heavy atom. The number of nitrogens with zero attached hydrogens (tertiary/aromatic N) is 2. The molecule has 2 aromatic rings. The Bertz CT molecular complexity index is 656. The Kier molecular flexibility index (Phi) is 4.99. The minimum absolute atomic E-state index is 0.0428. The minimum Gasteiger partial charge on any atom is -0.491 e. The predicted octanol–water partition coefficient (Wildman–Crippen LogP) is 3.20. The number of anilines is 1. The number of aromatic nitrogens is 1. The van der Waals surface area contributed by atoms with Gasteiger partial charge in [-0.25, -0.2) is 9.78 Å². The maximum absolute atomic E-state index is 11.0. The van der Waals surface area contributed by atoms with Crippen molar-refractivity contribution in [1.82, 2.24) is 4.98 Å². The van der Waals surface area contributed by atoms with Crippen molar-refractivity contribution in [2.75, 3.05) is 11.9 Å². The highest BCUT2D eigenvalue weighted by atomic mass is 16.5. The third kappa shape index (κ3) is 4.22. The lowest BCUT2D eigenvalue weighted by Gasteiger charge is -2.19. The summed E-state index contributed by atoms with van der Waals surface area (Å²) in [5.74, 6) is 0.422. The van der Waals surface area contributed by atoms with E-state index in [4.69, 9.17) is 9.84 Å². The van der Waals surface area contributed by atoms with Crippen LogP contribution < -0.4 is 9.64 Å². The molecule has 1 aromatic carbocycles. The average molecular weight is 300 g/mol. The number of carboxylic acids is 1. The monoisotopic (exact) mass is 300 g/mol. The van der Waals surface area contributed by atoms with Gasteiger partial charge in [0.25, 0.3) is 0 Å². The molecule has 1 heterocycles. The second-order valence-corrected chi connectivity index (χ2v) is 5.36. The van der Waals surface area contributed by atoms with Gasteiger partial charge in [0.2, 0.25) is 0 Å². The van der Waals surface area contributed by atoms with E-state index in [1.807, 2.05) is 50.1 Å². The number of rotatable bonds is 6. The molecule has 0 bridgehead atoms. The highest BCUT2D eigenvalue weighted by Crippen LogP contribution is 2.18. The molecule has 1 aromatic heterocycles. The van der Waals surface area contributed by atoms with E-state index in [1.165, 1.54) is 6.07 Å².